The van der Waals surface area contributed by atoms with E-state index in [2.05, 4.69) is 15.1 Å². The van der Waals surface area contributed by atoms with E-state index < -0.39 is 0 Å². The highest BCUT2D eigenvalue weighted by Gasteiger charge is 2.22. The first-order valence-corrected chi connectivity index (χ1v) is 8.40. The molecule has 2 N–H and O–H groups in total. The van der Waals surface area contributed by atoms with Crippen molar-refractivity contribution < 1.29 is 9.53 Å². The first-order chi connectivity index (χ1) is 11.1. The van der Waals surface area contributed by atoms with Gasteiger partial charge in [0, 0.05) is 13.1 Å². The summed E-state index contributed by atoms with van der Waals surface area (Å²) >= 11 is 1.30. The van der Waals surface area contributed by atoms with E-state index in [1.165, 1.54) is 17.3 Å². The highest BCUT2D eigenvalue weighted by molar-refractivity contribution is 7.99. The third kappa shape index (κ3) is 3.65. The number of hydrogen-bond donors (Lipinski definition) is 1. The predicted molar refractivity (Wildman–Crippen MR) is 89.0 cm³/mol. The van der Waals surface area contributed by atoms with Crippen LogP contribution < -0.4 is 10.6 Å². The van der Waals surface area contributed by atoms with E-state index in [-0.39, 0.29) is 11.7 Å². The molecule has 1 fully saturated rings. The topological polar surface area (TPSA) is 86.3 Å². The van der Waals surface area contributed by atoms with E-state index in [1.54, 1.807) is 0 Å². The molecule has 0 aliphatic carbocycles. The standard InChI is InChI=1S/C15H19N5O2S/c1-11-2-4-12(5-3-11)20-14(19-6-8-22-9-7-19)17-18-15(20)23-10-13(16)21/h2-5H,6-10H2,1H3,(H2,16,21). The molecule has 0 radical (unpaired) electrons. The molecule has 23 heavy (non-hydrogen) atoms. The van der Waals surface area contributed by atoms with E-state index in [0.717, 1.165) is 24.7 Å². The summed E-state index contributed by atoms with van der Waals surface area (Å²) in [7, 11) is 0. The van der Waals surface area contributed by atoms with Crippen molar-refractivity contribution in [3.8, 4) is 5.69 Å². The Morgan fingerprint density at radius 1 is 1.26 bits per heavy atom. The zero-order chi connectivity index (χ0) is 16.2. The van der Waals surface area contributed by atoms with Gasteiger partial charge in [0.2, 0.25) is 11.9 Å². The number of amides is 1. The van der Waals surface area contributed by atoms with Crippen molar-refractivity contribution in [2.45, 2.75) is 12.1 Å². The van der Waals surface area contributed by atoms with Crippen LogP contribution in [-0.2, 0) is 9.53 Å². The van der Waals surface area contributed by atoms with Gasteiger partial charge < -0.3 is 15.4 Å². The van der Waals surface area contributed by atoms with E-state index >= 15 is 0 Å². The molecular formula is C15H19N5O2S. The van der Waals surface area contributed by atoms with Crippen LogP contribution in [0.2, 0.25) is 0 Å². The van der Waals surface area contributed by atoms with Crippen LogP contribution in [0.25, 0.3) is 5.69 Å². The molecule has 1 saturated heterocycles. The average Bonchev–Trinajstić information content (AvgIpc) is 2.98. The monoisotopic (exact) mass is 333 g/mol. The molecule has 2 aromatic rings. The second-order valence-electron chi connectivity index (χ2n) is 5.31. The minimum Gasteiger partial charge on any atom is -0.378 e. The van der Waals surface area contributed by atoms with Gasteiger partial charge in [-0.05, 0) is 19.1 Å². The molecular weight excluding hydrogens is 314 g/mol. The Bertz CT molecular complexity index is 680. The fourth-order valence-electron chi connectivity index (χ4n) is 2.38. The quantitative estimate of drug-likeness (QED) is 0.821. The van der Waals surface area contributed by atoms with Crippen LogP contribution in [0, 0.1) is 6.92 Å². The van der Waals surface area contributed by atoms with Gasteiger partial charge in [-0.3, -0.25) is 9.36 Å². The van der Waals surface area contributed by atoms with Crippen LogP contribution in [0.3, 0.4) is 0 Å². The van der Waals surface area contributed by atoms with Crippen molar-refractivity contribution in [1.82, 2.24) is 14.8 Å². The number of anilines is 1. The van der Waals surface area contributed by atoms with E-state index in [4.69, 9.17) is 10.5 Å². The van der Waals surface area contributed by atoms with Crippen LogP contribution in [0.1, 0.15) is 5.56 Å². The zero-order valence-electron chi connectivity index (χ0n) is 12.9. The highest BCUT2D eigenvalue weighted by Crippen LogP contribution is 2.27. The number of morpholine rings is 1. The molecule has 1 aliphatic heterocycles. The van der Waals surface area contributed by atoms with Gasteiger partial charge in [-0.1, -0.05) is 29.5 Å². The van der Waals surface area contributed by atoms with E-state index in [0.29, 0.717) is 18.4 Å². The van der Waals surface area contributed by atoms with Crippen LogP contribution >= 0.6 is 11.8 Å². The van der Waals surface area contributed by atoms with Gasteiger partial charge in [0.15, 0.2) is 5.16 Å². The fraction of sp³-hybridized carbons (Fsp3) is 0.400. The molecule has 0 bridgehead atoms. The first-order valence-electron chi connectivity index (χ1n) is 7.41. The van der Waals surface area contributed by atoms with E-state index in [1.807, 2.05) is 35.8 Å². The maximum atomic E-state index is 11.1. The number of aryl methyl sites for hydroxylation is 1. The van der Waals surface area contributed by atoms with Crippen molar-refractivity contribution in [2.24, 2.45) is 5.73 Å². The zero-order valence-corrected chi connectivity index (χ0v) is 13.8. The Kier molecular flexibility index (Phi) is 4.82. The van der Waals surface area contributed by atoms with Crippen molar-refractivity contribution in [3.05, 3.63) is 29.8 Å². The molecule has 0 atom stereocenters. The van der Waals surface area contributed by atoms with Gasteiger partial charge >= 0.3 is 0 Å². The van der Waals surface area contributed by atoms with Crippen LogP contribution in [-0.4, -0.2) is 52.7 Å². The molecule has 122 valence electrons. The van der Waals surface area contributed by atoms with Gasteiger partial charge in [-0.15, -0.1) is 10.2 Å². The minimum atomic E-state index is -0.374. The SMILES string of the molecule is Cc1ccc(-n2c(SCC(N)=O)nnc2N2CCOCC2)cc1. The lowest BCUT2D eigenvalue weighted by molar-refractivity contribution is -0.115. The van der Waals surface area contributed by atoms with Gasteiger partial charge in [0.1, 0.15) is 0 Å². The third-order valence-corrected chi connectivity index (χ3v) is 4.50. The number of nitrogens with two attached hydrogens (primary N) is 1. The number of ether oxygens (including phenoxy) is 1. The summed E-state index contributed by atoms with van der Waals surface area (Å²) in [4.78, 5) is 13.2. The molecule has 7 nitrogen and oxygen atoms in total. The number of carbonyl (C=O) groups is 1. The number of carbonyl (C=O) groups excluding carboxylic acids is 1. The Morgan fingerprint density at radius 3 is 2.61 bits per heavy atom. The maximum absolute atomic E-state index is 11.1. The smallest absolute Gasteiger partial charge is 0.232 e. The lowest BCUT2D eigenvalue weighted by Crippen LogP contribution is -2.37. The summed E-state index contributed by atoms with van der Waals surface area (Å²) < 4.78 is 7.37. The van der Waals surface area contributed by atoms with Gasteiger partial charge in [-0.25, -0.2) is 0 Å². The predicted octanol–water partition coefficient (Wildman–Crippen LogP) is 0.990. The lowest BCUT2D eigenvalue weighted by atomic mass is 10.2. The Labute approximate surface area is 138 Å². The Morgan fingerprint density at radius 2 is 1.96 bits per heavy atom. The molecule has 0 unspecified atom stereocenters. The summed E-state index contributed by atoms with van der Waals surface area (Å²) in [5, 5.41) is 9.24. The van der Waals surface area contributed by atoms with E-state index in [9.17, 15) is 4.79 Å². The van der Waals surface area contributed by atoms with Crippen molar-refractivity contribution in [3.63, 3.8) is 0 Å². The summed E-state index contributed by atoms with van der Waals surface area (Å²) in [5.74, 6) is 0.568. The second-order valence-corrected chi connectivity index (χ2v) is 6.25. The number of hydrogen-bond acceptors (Lipinski definition) is 6. The number of nitrogens with zero attached hydrogens (tertiary/aromatic N) is 4. The second kappa shape index (κ2) is 7.01. The van der Waals surface area contributed by atoms with Crippen LogP contribution in [0.5, 0.6) is 0 Å². The van der Waals surface area contributed by atoms with Gasteiger partial charge in [0.25, 0.3) is 0 Å². The number of aromatic nitrogens is 3. The number of benzene rings is 1. The van der Waals surface area contributed by atoms with Crippen LogP contribution in [0.15, 0.2) is 29.4 Å². The summed E-state index contributed by atoms with van der Waals surface area (Å²) in [6.45, 7) is 4.92. The number of primary amides is 1. The van der Waals surface area contributed by atoms with Crippen molar-refractivity contribution >= 4 is 23.6 Å². The van der Waals surface area contributed by atoms with Crippen LogP contribution in [0.4, 0.5) is 5.95 Å². The van der Waals surface area contributed by atoms with Gasteiger partial charge in [0.05, 0.1) is 24.7 Å². The molecule has 0 spiro atoms. The largest absolute Gasteiger partial charge is 0.378 e. The molecule has 1 aromatic heterocycles. The Hall–Kier alpha value is -2.06. The molecule has 2 heterocycles. The summed E-state index contributed by atoms with van der Waals surface area (Å²) in [6.07, 6.45) is 0. The first kappa shape index (κ1) is 15.8. The molecule has 1 aliphatic rings. The maximum Gasteiger partial charge on any atom is 0.232 e. The molecule has 0 saturated carbocycles. The average molecular weight is 333 g/mol. The van der Waals surface area contributed by atoms with Crippen molar-refractivity contribution in [2.75, 3.05) is 37.0 Å². The molecule has 1 amide bonds. The number of rotatable bonds is 5. The lowest BCUT2D eigenvalue weighted by Gasteiger charge is -2.27. The van der Waals surface area contributed by atoms with Gasteiger partial charge in [-0.2, -0.15) is 0 Å². The third-order valence-electron chi connectivity index (χ3n) is 3.55. The molecule has 3 rings (SSSR count). The summed E-state index contributed by atoms with van der Waals surface area (Å²) in [5.41, 5.74) is 7.40. The molecule has 1 aromatic carbocycles. The molecule has 8 heteroatoms. The minimum absolute atomic E-state index is 0.174. The summed E-state index contributed by atoms with van der Waals surface area (Å²) in [6, 6.07) is 8.13. The fourth-order valence-corrected chi connectivity index (χ4v) is 3.07. The normalized spacial score (nSPS) is 14.9. The van der Waals surface area contributed by atoms with Crippen molar-refractivity contribution in [1.29, 1.82) is 0 Å². The Balaban J connectivity index is 1.98. The highest BCUT2D eigenvalue weighted by atomic mass is 32.2. The number of thioether (sulfide) groups is 1.